The zero-order valence-corrected chi connectivity index (χ0v) is 6.08. The molecule has 0 atom stereocenters. The molecule has 0 rings (SSSR count). The predicted octanol–water partition coefficient (Wildman–Crippen LogP) is 1.23. The molecular formula is C5H12ClFN+. The van der Waals surface area contributed by atoms with Gasteiger partial charge >= 0.3 is 0 Å². The SMILES string of the molecule is C[N+](C)(CCl)CCF. The Kier molecular flexibility index (Phi) is 3.33. The van der Waals surface area contributed by atoms with Crippen molar-refractivity contribution in [1.82, 2.24) is 0 Å². The third-order valence-corrected chi connectivity index (χ3v) is 1.66. The van der Waals surface area contributed by atoms with Gasteiger partial charge in [0, 0.05) is 0 Å². The molecule has 0 unspecified atom stereocenters. The molecule has 0 fully saturated rings. The molecule has 0 saturated carbocycles. The van der Waals surface area contributed by atoms with Crippen molar-refractivity contribution in [2.75, 3.05) is 33.3 Å². The maximum atomic E-state index is 11.6. The molecule has 8 heavy (non-hydrogen) atoms. The molecule has 0 heterocycles. The van der Waals surface area contributed by atoms with Gasteiger partial charge in [0.25, 0.3) is 0 Å². The first-order valence-electron chi connectivity index (χ1n) is 2.56. The second kappa shape index (κ2) is 3.25. The average Bonchev–Trinajstić information content (AvgIpc) is 1.67. The van der Waals surface area contributed by atoms with Crippen molar-refractivity contribution in [3.05, 3.63) is 0 Å². The molecule has 0 bridgehead atoms. The van der Waals surface area contributed by atoms with Gasteiger partial charge in [0.15, 0.2) is 6.00 Å². The molecule has 0 aromatic heterocycles. The molecule has 50 valence electrons. The topological polar surface area (TPSA) is 0 Å². The van der Waals surface area contributed by atoms with Crippen LogP contribution in [0, 0.1) is 0 Å². The summed E-state index contributed by atoms with van der Waals surface area (Å²) < 4.78 is 12.2. The first-order valence-corrected chi connectivity index (χ1v) is 3.10. The van der Waals surface area contributed by atoms with Gasteiger partial charge < -0.3 is 4.48 Å². The summed E-state index contributed by atoms with van der Waals surface area (Å²) in [6, 6.07) is 0.476. The maximum Gasteiger partial charge on any atom is 0.154 e. The molecule has 0 N–H and O–H groups in total. The van der Waals surface area contributed by atoms with Gasteiger partial charge in [-0.3, -0.25) is 0 Å². The Morgan fingerprint density at radius 3 is 2.12 bits per heavy atom. The fraction of sp³-hybridized carbons (Fsp3) is 1.00. The van der Waals surface area contributed by atoms with E-state index in [1.165, 1.54) is 0 Å². The lowest BCUT2D eigenvalue weighted by molar-refractivity contribution is -0.878. The molecule has 0 saturated heterocycles. The van der Waals surface area contributed by atoms with Crippen molar-refractivity contribution < 1.29 is 8.87 Å². The van der Waals surface area contributed by atoms with E-state index in [0.717, 1.165) is 0 Å². The highest BCUT2D eigenvalue weighted by Gasteiger charge is 2.10. The van der Waals surface area contributed by atoms with E-state index in [4.69, 9.17) is 11.6 Å². The Balaban J connectivity index is 3.37. The van der Waals surface area contributed by atoms with Gasteiger partial charge in [-0.25, -0.2) is 4.39 Å². The van der Waals surface area contributed by atoms with E-state index in [0.29, 0.717) is 17.0 Å². The maximum absolute atomic E-state index is 11.6. The van der Waals surface area contributed by atoms with Crippen molar-refractivity contribution in [3.63, 3.8) is 0 Å². The lowest BCUT2D eigenvalue weighted by Crippen LogP contribution is -2.39. The third kappa shape index (κ3) is 3.22. The molecule has 0 aliphatic rings. The van der Waals surface area contributed by atoms with E-state index < -0.39 is 0 Å². The monoisotopic (exact) mass is 140 g/mol. The summed E-state index contributed by atoms with van der Waals surface area (Å²) in [5, 5.41) is 0. The van der Waals surface area contributed by atoms with E-state index in [1.807, 2.05) is 14.1 Å². The molecule has 0 aliphatic carbocycles. The highest BCUT2D eigenvalue weighted by molar-refractivity contribution is 6.16. The van der Waals surface area contributed by atoms with Crippen LogP contribution in [-0.2, 0) is 0 Å². The van der Waals surface area contributed by atoms with Crippen molar-refractivity contribution >= 4 is 11.6 Å². The Labute approximate surface area is 54.6 Å². The highest BCUT2D eigenvalue weighted by Crippen LogP contribution is 1.97. The summed E-state index contributed by atoms with van der Waals surface area (Å²) in [6.07, 6.45) is 0. The molecule has 0 amide bonds. The summed E-state index contributed by atoms with van der Waals surface area (Å²) in [4.78, 5) is 0. The van der Waals surface area contributed by atoms with Gasteiger partial charge in [0.1, 0.15) is 13.2 Å². The van der Waals surface area contributed by atoms with Gasteiger partial charge in [0.2, 0.25) is 0 Å². The van der Waals surface area contributed by atoms with Crippen LogP contribution in [0.25, 0.3) is 0 Å². The fourth-order valence-electron chi connectivity index (χ4n) is 0.289. The highest BCUT2D eigenvalue weighted by atomic mass is 35.5. The molecule has 0 aromatic rings. The molecule has 1 nitrogen and oxygen atoms in total. The largest absolute Gasteiger partial charge is 0.314 e. The number of alkyl halides is 2. The zero-order chi connectivity index (χ0) is 6.62. The number of hydrogen-bond acceptors (Lipinski definition) is 0. The van der Waals surface area contributed by atoms with E-state index in [1.54, 1.807) is 0 Å². The second-order valence-corrected chi connectivity index (χ2v) is 2.71. The molecule has 0 aliphatic heterocycles. The summed E-state index contributed by atoms with van der Waals surface area (Å²) in [6.45, 7) is 0.212. The molecule has 0 spiro atoms. The lowest BCUT2D eigenvalue weighted by atomic mass is 10.5. The fourth-order valence-corrected chi connectivity index (χ4v) is 0.408. The van der Waals surface area contributed by atoms with Crippen LogP contribution in [0.2, 0.25) is 0 Å². The van der Waals surface area contributed by atoms with Gasteiger partial charge in [0.05, 0.1) is 14.1 Å². The van der Waals surface area contributed by atoms with Gasteiger partial charge in [-0.1, -0.05) is 11.6 Å². The van der Waals surface area contributed by atoms with Crippen LogP contribution in [0.5, 0.6) is 0 Å². The van der Waals surface area contributed by atoms with Crippen molar-refractivity contribution in [2.24, 2.45) is 0 Å². The Morgan fingerprint density at radius 2 is 2.00 bits per heavy atom. The number of hydrogen-bond donors (Lipinski definition) is 0. The van der Waals surface area contributed by atoms with Crippen LogP contribution < -0.4 is 0 Å². The number of halogens is 2. The summed E-state index contributed by atoms with van der Waals surface area (Å²) in [5.41, 5.74) is 0. The minimum Gasteiger partial charge on any atom is -0.314 e. The van der Waals surface area contributed by atoms with Crippen LogP contribution in [0.1, 0.15) is 0 Å². The van der Waals surface area contributed by atoms with E-state index >= 15 is 0 Å². The lowest BCUT2D eigenvalue weighted by Gasteiger charge is -2.24. The molecule has 0 aromatic carbocycles. The molecular weight excluding hydrogens is 129 g/mol. The van der Waals surface area contributed by atoms with Crippen LogP contribution in [-0.4, -0.2) is 37.8 Å². The average molecular weight is 141 g/mol. The molecule has 3 heteroatoms. The zero-order valence-electron chi connectivity index (χ0n) is 5.32. The van der Waals surface area contributed by atoms with Crippen LogP contribution in [0.15, 0.2) is 0 Å². The quantitative estimate of drug-likeness (QED) is 0.314. The van der Waals surface area contributed by atoms with Crippen LogP contribution >= 0.6 is 11.6 Å². The first-order chi connectivity index (χ1) is 3.62. The second-order valence-electron chi connectivity index (χ2n) is 2.47. The van der Waals surface area contributed by atoms with Crippen molar-refractivity contribution in [1.29, 1.82) is 0 Å². The summed E-state index contributed by atoms with van der Waals surface area (Å²) >= 11 is 5.48. The van der Waals surface area contributed by atoms with Crippen LogP contribution in [0.4, 0.5) is 4.39 Å². The minimum atomic E-state index is -0.292. The summed E-state index contributed by atoms with van der Waals surface area (Å²) in [7, 11) is 3.79. The number of rotatable bonds is 3. The van der Waals surface area contributed by atoms with Gasteiger partial charge in [-0.2, -0.15) is 0 Å². The Hall–Kier alpha value is 0.180. The smallest absolute Gasteiger partial charge is 0.154 e. The minimum absolute atomic E-state index is 0.292. The van der Waals surface area contributed by atoms with E-state index in [2.05, 4.69) is 0 Å². The standard InChI is InChI=1S/C5H12ClFN/c1-8(2,5-6)4-3-7/h3-5H2,1-2H3/q+1. The number of nitrogens with zero attached hydrogens (tertiary/aromatic N) is 1. The van der Waals surface area contributed by atoms with E-state index in [9.17, 15) is 4.39 Å². The van der Waals surface area contributed by atoms with Gasteiger partial charge in [-0.15, -0.1) is 0 Å². The Morgan fingerprint density at radius 1 is 1.50 bits per heavy atom. The third-order valence-electron chi connectivity index (χ3n) is 1.01. The number of quaternary nitrogens is 1. The van der Waals surface area contributed by atoms with Gasteiger partial charge in [-0.05, 0) is 0 Å². The van der Waals surface area contributed by atoms with Crippen LogP contribution in [0.3, 0.4) is 0 Å². The Bertz CT molecular complexity index is 65.4. The van der Waals surface area contributed by atoms with E-state index in [-0.39, 0.29) is 6.67 Å². The molecule has 0 radical (unpaired) electrons. The summed E-state index contributed by atoms with van der Waals surface area (Å²) in [5.74, 6) is 0. The van der Waals surface area contributed by atoms with Crippen molar-refractivity contribution in [2.45, 2.75) is 0 Å². The normalized spacial score (nSPS) is 12.0. The van der Waals surface area contributed by atoms with Crippen molar-refractivity contribution in [3.8, 4) is 0 Å². The first kappa shape index (κ1) is 8.18. The predicted molar refractivity (Wildman–Crippen MR) is 33.7 cm³/mol.